The van der Waals surface area contributed by atoms with Gasteiger partial charge in [-0.25, -0.2) is 13.2 Å². The van der Waals surface area contributed by atoms with E-state index in [1.54, 1.807) is 35.2 Å². The minimum absolute atomic E-state index is 0.0784. The van der Waals surface area contributed by atoms with Gasteiger partial charge in [-0.2, -0.15) is 0 Å². The first-order valence-electron chi connectivity index (χ1n) is 8.14. The predicted octanol–water partition coefficient (Wildman–Crippen LogP) is 2.86. The van der Waals surface area contributed by atoms with E-state index in [2.05, 4.69) is 10.0 Å². The molecule has 2 N–H and O–H groups in total. The smallest absolute Gasteiger partial charge is 0.321 e. The minimum atomic E-state index is -3.50. The van der Waals surface area contributed by atoms with Crippen molar-refractivity contribution in [3.63, 3.8) is 0 Å². The lowest BCUT2D eigenvalue weighted by Crippen LogP contribution is -2.46. The van der Waals surface area contributed by atoms with Crippen LogP contribution in [0.5, 0.6) is 0 Å². The highest BCUT2D eigenvalue weighted by atomic mass is 32.2. The van der Waals surface area contributed by atoms with Gasteiger partial charge in [0.1, 0.15) is 0 Å². The molecule has 1 heterocycles. The molecule has 2 aromatic carbocycles. The maximum Gasteiger partial charge on any atom is 0.321 e. The van der Waals surface area contributed by atoms with E-state index in [1.165, 1.54) is 0 Å². The number of amides is 2. The molecular weight excluding hydrogens is 338 g/mol. The summed E-state index contributed by atoms with van der Waals surface area (Å²) in [5.74, 6) is -0.0784. The van der Waals surface area contributed by atoms with Crippen LogP contribution in [0.1, 0.15) is 17.5 Å². The first-order valence-corrected chi connectivity index (χ1v) is 9.80. The van der Waals surface area contributed by atoms with Gasteiger partial charge in [0.25, 0.3) is 0 Å². The van der Waals surface area contributed by atoms with E-state index < -0.39 is 10.0 Å². The third-order valence-corrected chi connectivity index (χ3v) is 5.23. The van der Waals surface area contributed by atoms with E-state index >= 15 is 0 Å². The zero-order valence-corrected chi connectivity index (χ0v) is 14.8. The van der Waals surface area contributed by atoms with Crippen LogP contribution >= 0.6 is 0 Å². The van der Waals surface area contributed by atoms with Crippen LogP contribution in [0.15, 0.2) is 48.5 Å². The first-order chi connectivity index (χ1) is 11.9. The average Bonchev–Trinajstić information content (AvgIpc) is 2.55. The second-order valence-electron chi connectivity index (χ2n) is 6.13. The molecule has 1 fully saturated rings. The Balaban J connectivity index is 1.69. The highest BCUT2D eigenvalue weighted by Gasteiger charge is 2.19. The number of benzene rings is 2. The van der Waals surface area contributed by atoms with Gasteiger partial charge in [0, 0.05) is 24.5 Å². The number of nitrogens with zero attached hydrogens (tertiary/aromatic N) is 1. The number of aryl methyl sites for hydroxylation is 1. The van der Waals surface area contributed by atoms with Crippen molar-refractivity contribution >= 4 is 27.4 Å². The number of urea groups is 1. The van der Waals surface area contributed by atoms with E-state index in [0.717, 1.165) is 23.2 Å². The van der Waals surface area contributed by atoms with Gasteiger partial charge in [0.2, 0.25) is 10.0 Å². The van der Waals surface area contributed by atoms with Gasteiger partial charge < -0.3 is 5.32 Å². The van der Waals surface area contributed by atoms with Crippen molar-refractivity contribution in [3.05, 3.63) is 59.7 Å². The van der Waals surface area contributed by atoms with Crippen molar-refractivity contribution in [2.24, 2.45) is 0 Å². The van der Waals surface area contributed by atoms with Gasteiger partial charge in [-0.1, -0.05) is 29.8 Å². The molecule has 1 saturated heterocycles. The zero-order chi connectivity index (χ0) is 17.9. The molecule has 0 spiro atoms. The summed E-state index contributed by atoms with van der Waals surface area (Å²) in [5.41, 5.74) is 3.00. The molecule has 0 aliphatic carbocycles. The Morgan fingerprint density at radius 3 is 2.60 bits per heavy atom. The first kappa shape index (κ1) is 17.3. The molecule has 25 heavy (non-hydrogen) atoms. The molecule has 0 radical (unpaired) electrons. The molecule has 0 unspecified atom stereocenters. The molecule has 7 heteroatoms. The molecule has 132 valence electrons. The average molecular weight is 359 g/mol. The molecule has 1 aliphatic rings. The van der Waals surface area contributed by atoms with Crippen LogP contribution in [0.3, 0.4) is 0 Å². The molecule has 6 nitrogen and oxygen atoms in total. The summed E-state index contributed by atoms with van der Waals surface area (Å²) in [5, 5.41) is 2.79. The van der Waals surface area contributed by atoms with Crippen LogP contribution in [-0.2, 0) is 15.8 Å². The fraction of sp³-hybridized carbons (Fsp3) is 0.278. The van der Waals surface area contributed by atoms with Crippen LogP contribution in [0.4, 0.5) is 16.2 Å². The van der Waals surface area contributed by atoms with Crippen molar-refractivity contribution in [2.75, 3.05) is 22.7 Å². The van der Waals surface area contributed by atoms with Gasteiger partial charge in [0.15, 0.2) is 0 Å². The number of carbonyl (C=O) groups excluding carboxylic acids is 1. The number of nitrogens with one attached hydrogen (secondary N) is 2. The highest BCUT2D eigenvalue weighted by molar-refractivity contribution is 7.91. The summed E-state index contributed by atoms with van der Waals surface area (Å²) in [4.78, 5) is 13.5. The monoisotopic (exact) mass is 359 g/mol. The number of hydrogen-bond acceptors (Lipinski definition) is 3. The fourth-order valence-electron chi connectivity index (χ4n) is 2.82. The van der Waals surface area contributed by atoms with Crippen molar-refractivity contribution < 1.29 is 13.2 Å². The molecule has 0 aromatic heterocycles. The largest absolute Gasteiger partial charge is 0.338 e. The van der Waals surface area contributed by atoms with Crippen molar-refractivity contribution in [3.8, 4) is 0 Å². The third kappa shape index (κ3) is 4.51. The second kappa shape index (κ2) is 7.14. The van der Waals surface area contributed by atoms with Gasteiger partial charge in [-0.05, 0) is 43.2 Å². The minimum Gasteiger partial charge on any atom is -0.338 e. The van der Waals surface area contributed by atoms with Crippen molar-refractivity contribution in [1.82, 2.24) is 5.32 Å². The van der Waals surface area contributed by atoms with Crippen LogP contribution in [-0.4, -0.2) is 27.5 Å². The summed E-state index contributed by atoms with van der Waals surface area (Å²) in [6.07, 6.45) is 0.886. The fourth-order valence-corrected chi connectivity index (χ4v) is 4.01. The lowest BCUT2D eigenvalue weighted by atomic mass is 10.2. The molecule has 2 amide bonds. The summed E-state index contributed by atoms with van der Waals surface area (Å²) >= 11 is 0. The maximum absolute atomic E-state index is 12.3. The zero-order valence-electron chi connectivity index (χ0n) is 14.0. The van der Waals surface area contributed by atoms with E-state index in [1.807, 2.05) is 25.1 Å². The lowest BCUT2D eigenvalue weighted by molar-refractivity contribution is 0.243. The highest BCUT2D eigenvalue weighted by Crippen LogP contribution is 2.21. The van der Waals surface area contributed by atoms with Crippen molar-refractivity contribution in [2.45, 2.75) is 19.1 Å². The SMILES string of the molecule is Cc1cccc(CS(=O)(=O)Nc2ccc(N3CCCNC3=O)cc2)c1. The van der Waals surface area contributed by atoms with Crippen molar-refractivity contribution in [1.29, 1.82) is 0 Å². The Morgan fingerprint density at radius 1 is 1.16 bits per heavy atom. The lowest BCUT2D eigenvalue weighted by Gasteiger charge is -2.27. The molecule has 0 bridgehead atoms. The van der Waals surface area contributed by atoms with Crippen LogP contribution in [0.2, 0.25) is 0 Å². The normalized spacial score (nSPS) is 14.9. The molecule has 3 rings (SSSR count). The van der Waals surface area contributed by atoms with Gasteiger partial charge in [-0.3, -0.25) is 9.62 Å². The summed E-state index contributed by atoms with van der Waals surface area (Å²) in [6, 6.07) is 14.1. The van der Waals surface area contributed by atoms with E-state index in [4.69, 9.17) is 0 Å². The Bertz CT molecular complexity index is 863. The van der Waals surface area contributed by atoms with E-state index in [-0.39, 0.29) is 11.8 Å². The Morgan fingerprint density at radius 2 is 1.92 bits per heavy atom. The number of hydrogen-bond donors (Lipinski definition) is 2. The summed E-state index contributed by atoms with van der Waals surface area (Å²) in [6.45, 7) is 3.27. The summed E-state index contributed by atoms with van der Waals surface area (Å²) in [7, 11) is -3.50. The number of carbonyl (C=O) groups is 1. The molecule has 0 saturated carbocycles. The topological polar surface area (TPSA) is 78.5 Å². The van der Waals surface area contributed by atoms with Gasteiger partial charge in [-0.15, -0.1) is 0 Å². The Hall–Kier alpha value is -2.54. The van der Waals surface area contributed by atoms with Crippen LogP contribution < -0.4 is 14.9 Å². The standard InChI is InChI=1S/C18H21N3O3S/c1-14-4-2-5-15(12-14)13-25(23,24)20-16-6-8-17(9-7-16)21-11-3-10-19-18(21)22/h2,4-9,12,20H,3,10-11,13H2,1H3,(H,19,22). The second-order valence-corrected chi connectivity index (χ2v) is 7.86. The number of anilines is 2. The molecule has 2 aromatic rings. The molecule has 0 atom stereocenters. The predicted molar refractivity (Wildman–Crippen MR) is 99.2 cm³/mol. The van der Waals surface area contributed by atoms with Gasteiger partial charge in [0.05, 0.1) is 5.75 Å². The maximum atomic E-state index is 12.3. The molecule has 1 aliphatic heterocycles. The van der Waals surface area contributed by atoms with Crippen LogP contribution in [0, 0.1) is 6.92 Å². The summed E-state index contributed by atoms with van der Waals surface area (Å²) < 4.78 is 27.2. The van der Waals surface area contributed by atoms with E-state index in [0.29, 0.717) is 18.8 Å². The van der Waals surface area contributed by atoms with Gasteiger partial charge >= 0.3 is 6.03 Å². The molecular formula is C18H21N3O3S. The number of sulfonamides is 1. The quantitative estimate of drug-likeness (QED) is 0.862. The Labute approximate surface area is 147 Å². The Kier molecular flexibility index (Phi) is 4.94. The van der Waals surface area contributed by atoms with Crippen LogP contribution in [0.25, 0.3) is 0 Å². The number of rotatable bonds is 5. The van der Waals surface area contributed by atoms with E-state index in [9.17, 15) is 13.2 Å². The third-order valence-electron chi connectivity index (χ3n) is 3.97.